The molecule has 9 heteroatoms. The Labute approximate surface area is 184 Å². The zero-order valence-electron chi connectivity index (χ0n) is 18.3. The summed E-state index contributed by atoms with van der Waals surface area (Å²) in [5.74, 6) is 0.612. The van der Waals surface area contributed by atoms with Gasteiger partial charge < -0.3 is 14.4 Å². The van der Waals surface area contributed by atoms with Crippen molar-refractivity contribution < 1.29 is 17.9 Å². The molecule has 8 nitrogen and oxygen atoms in total. The first-order valence-electron chi connectivity index (χ1n) is 10.7. The first-order chi connectivity index (χ1) is 14.9. The number of nitrogens with one attached hydrogen (secondary N) is 1. The lowest BCUT2D eigenvalue weighted by molar-refractivity contribution is -0.00403. The molecule has 0 atom stereocenters. The molecule has 31 heavy (non-hydrogen) atoms. The van der Waals surface area contributed by atoms with E-state index >= 15 is 0 Å². The lowest BCUT2D eigenvalue weighted by Gasteiger charge is -2.34. The lowest BCUT2D eigenvalue weighted by Crippen LogP contribution is -2.30. The van der Waals surface area contributed by atoms with E-state index in [1.54, 1.807) is 12.1 Å². The number of aromatic nitrogens is 2. The second kappa shape index (κ2) is 9.10. The minimum absolute atomic E-state index is 0.119. The van der Waals surface area contributed by atoms with Crippen LogP contribution >= 0.6 is 0 Å². The molecule has 2 aliphatic rings. The number of hydrogen-bond donors (Lipinski definition) is 1. The highest BCUT2D eigenvalue weighted by molar-refractivity contribution is 7.92. The molecule has 0 amide bonds. The number of fused-ring (bicyclic) bond motifs is 1. The van der Waals surface area contributed by atoms with Crippen molar-refractivity contribution in [3.63, 3.8) is 0 Å². The van der Waals surface area contributed by atoms with Crippen LogP contribution in [-0.2, 0) is 27.6 Å². The molecule has 0 unspecified atom stereocenters. The van der Waals surface area contributed by atoms with Crippen molar-refractivity contribution in [2.75, 3.05) is 38.6 Å². The van der Waals surface area contributed by atoms with E-state index in [-0.39, 0.29) is 16.9 Å². The number of sulfonamides is 1. The van der Waals surface area contributed by atoms with Crippen molar-refractivity contribution in [1.82, 2.24) is 14.9 Å². The Morgan fingerprint density at radius 3 is 2.68 bits per heavy atom. The van der Waals surface area contributed by atoms with Gasteiger partial charge in [0.15, 0.2) is 0 Å². The van der Waals surface area contributed by atoms with Gasteiger partial charge >= 0.3 is 0 Å². The van der Waals surface area contributed by atoms with Gasteiger partial charge in [0.25, 0.3) is 10.0 Å². The molecule has 1 saturated carbocycles. The van der Waals surface area contributed by atoms with E-state index < -0.39 is 10.0 Å². The van der Waals surface area contributed by atoms with Gasteiger partial charge in [0.1, 0.15) is 10.6 Å². The number of ether oxygens (including phenoxy) is 2. The Morgan fingerprint density at radius 1 is 1.23 bits per heavy atom. The monoisotopic (exact) mass is 446 g/mol. The average molecular weight is 447 g/mol. The first kappa shape index (κ1) is 22.0. The van der Waals surface area contributed by atoms with Crippen LogP contribution in [0.2, 0.25) is 0 Å². The maximum atomic E-state index is 13.0. The molecule has 0 radical (unpaired) electrons. The van der Waals surface area contributed by atoms with Crippen LogP contribution in [0.1, 0.15) is 42.6 Å². The lowest BCUT2D eigenvalue weighted by atomic mass is 9.80. The van der Waals surface area contributed by atoms with E-state index in [0.29, 0.717) is 18.2 Å². The summed E-state index contributed by atoms with van der Waals surface area (Å²) in [4.78, 5) is 11.3. The van der Waals surface area contributed by atoms with Crippen molar-refractivity contribution in [3.05, 3.63) is 41.3 Å². The number of hydrogen-bond acceptors (Lipinski definition) is 7. The van der Waals surface area contributed by atoms with Gasteiger partial charge in [-0.1, -0.05) is 0 Å². The van der Waals surface area contributed by atoms with Crippen LogP contribution in [0, 0.1) is 0 Å². The summed E-state index contributed by atoms with van der Waals surface area (Å²) in [5, 5.41) is 0. The summed E-state index contributed by atoms with van der Waals surface area (Å²) < 4.78 is 39.6. The van der Waals surface area contributed by atoms with E-state index in [4.69, 9.17) is 9.47 Å². The molecule has 4 rings (SSSR count). The fourth-order valence-electron chi connectivity index (χ4n) is 4.13. The fraction of sp³-hybridized carbons (Fsp3) is 0.545. The van der Waals surface area contributed by atoms with Gasteiger partial charge in [-0.3, -0.25) is 9.71 Å². The molecule has 0 bridgehead atoms. The molecule has 1 fully saturated rings. The summed E-state index contributed by atoms with van der Waals surface area (Å²) in [5.41, 5.74) is 3.27. The highest BCUT2D eigenvalue weighted by Gasteiger charge is 2.32. The van der Waals surface area contributed by atoms with E-state index in [9.17, 15) is 8.42 Å². The predicted molar refractivity (Wildman–Crippen MR) is 118 cm³/mol. The van der Waals surface area contributed by atoms with Gasteiger partial charge in [-0.2, -0.15) is 0 Å². The molecule has 1 aliphatic heterocycles. The third kappa shape index (κ3) is 4.83. The van der Waals surface area contributed by atoms with Crippen LogP contribution in [0.3, 0.4) is 0 Å². The van der Waals surface area contributed by atoms with E-state index in [1.807, 2.05) is 13.0 Å². The van der Waals surface area contributed by atoms with Crippen molar-refractivity contribution in [2.24, 2.45) is 0 Å². The zero-order chi connectivity index (χ0) is 22.0. The van der Waals surface area contributed by atoms with Gasteiger partial charge in [-0.15, -0.1) is 0 Å². The smallest absolute Gasteiger partial charge is 0.263 e. The molecule has 2 aromatic rings. The Morgan fingerprint density at radius 2 is 2.00 bits per heavy atom. The highest BCUT2D eigenvalue weighted by Crippen LogP contribution is 2.38. The molecule has 0 saturated heterocycles. The first-order valence-corrected chi connectivity index (χ1v) is 12.2. The Bertz CT molecular complexity index is 1020. The SMILES string of the molecule is CCOC1CC(c2ccc(S(=O)(=O)Nc3cc4c(nc3OC)CCN(C)CC4)cn2)C1. The van der Waals surface area contributed by atoms with Gasteiger partial charge in [0, 0.05) is 49.6 Å². The van der Waals surface area contributed by atoms with E-state index in [2.05, 4.69) is 26.6 Å². The summed E-state index contributed by atoms with van der Waals surface area (Å²) in [6.07, 6.45) is 5.19. The van der Waals surface area contributed by atoms with Gasteiger partial charge in [-0.05, 0) is 57.0 Å². The molecule has 1 aliphatic carbocycles. The summed E-state index contributed by atoms with van der Waals surface area (Å²) in [6.45, 7) is 4.53. The fourth-order valence-corrected chi connectivity index (χ4v) is 5.12. The van der Waals surface area contributed by atoms with Crippen LogP contribution < -0.4 is 9.46 Å². The van der Waals surface area contributed by atoms with Crippen molar-refractivity contribution in [2.45, 2.75) is 49.5 Å². The topological polar surface area (TPSA) is 93.7 Å². The molecule has 1 N–H and O–H groups in total. The van der Waals surface area contributed by atoms with Crippen LogP contribution in [0.15, 0.2) is 29.3 Å². The number of likely N-dealkylation sites (N-methyl/N-ethyl adjacent to an activating group) is 1. The quantitative estimate of drug-likeness (QED) is 0.699. The zero-order valence-corrected chi connectivity index (χ0v) is 19.1. The Balaban J connectivity index is 1.51. The second-order valence-electron chi connectivity index (χ2n) is 8.22. The Hall–Kier alpha value is -2.23. The summed E-state index contributed by atoms with van der Waals surface area (Å²) in [6, 6.07) is 5.25. The standard InChI is InChI=1S/C22H30N4O4S/c1-4-30-17-11-16(12-17)19-6-5-18(14-23-19)31(27,28)25-21-13-15-7-9-26(2)10-8-20(15)24-22(21)29-3/h5-6,13-14,16-17,25H,4,7-12H2,1-3H3. The van der Waals surface area contributed by atoms with E-state index in [0.717, 1.165) is 55.7 Å². The predicted octanol–water partition coefficient (Wildman–Crippen LogP) is 2.60. The average Bonchev–Trinajstić information content (AvgIpc) is 2.91. The molecule has 0 spiro atoms. The maximum Gasteiger partial charge on any atom is 0.263 e. The van der Waals surface area contributed by atoms with Crippen molar-refractivity contribution in [3.8, 4) is 5.88 Å². The van der Waals surface area contributed by atoms with Crippen molar-refractivity contribution >= 4 is 15.7 Å². The molecule has 0 aromatic carbocycles. The Kier molecular flexibility index (Phi) is 6.45. The minimum Gasteiger partial charge on any atom is -0.479 e. The third-order valence-electron chi connectivity index (χ3n) is 6.07. The third-order valence-corrected chi connectivity index (χ3v) is 7.42. The number of nitrogens with zero attached hydrogens (tertiary/aromatic N) is 3. The van der Waals surface area contributed by atoms with Gasteiger partial charge in [-0.25, -0.2) is 13.4 Å². The van der Waals surface area contributed by atoms with Gasteiger partial charge in [0.05, 0.1) is 13.2 Å². The van der Waals surface area contributed by atoms with Gasteiger partial charge in [0.2, 0.25) is 5.88 Å². The summed E-state index contributed by atoms with van der Waals surface area (Å²) >= 11 is 0. The molecule has 168 valence electrons. The van der Waals surface area contributed by atoms with Crippen LogP contribution in [-0.4, -0.2) is 63.2 Å². The molecular formula is C22H30N4O4S. The summed E-state index contributed by atoms with van der Waals surface area (Å²) in [7, 11) is -0.237. The number of methoxy groups -OCH3 is 1. The number of rotatable bonds is 7. The van der Waals surface area contributed by atoms with Crippen molar-refractivity contribution in [1.29, 1.82) is 0 Å². The number of pyridine rings is 2. The highest BCUT2D eigenvalue weighted by atomic mass is 32.2. The molecule has 2 aromatic heterocycles. The minimum atomic E-state index is -3.81. The largest absolute Gasteiger partial charge is 0.479 e. The molecule has 3 heterocycles. The maximum absolute atomic E-state index is 13.0. The van der Waals surface area contributed by atoms with Crippen LogP contribution in [0.25, 0.3) is 0 Å². The normalized spacial score (nSPS) is 21.6. The van der Waals surface area contributed by atoms with E-state index in [1.165, 1.54) is 13.3 Å². The second-order valence-corrected chi connectivity index (χ2v) is 9.91. The van der Waals surface area contributed by atoms with Crippen LogP contribution in [0.5, 0.6) is 5.88 Å². The molecular weight excluding hydrogens is 416 g/mol. The van der Waals surface area contributed by atoms with Crippen LogP contribution in [0.4, 0.5) is 5.69 Å². The number of anilines is 1.